The molecule has 0 spiro atoms. The second-order valence-electron chi connectivity index (χ2n) is 6.40. The average Bonchev–Trinajstić information content (AvgIpc) is 2.57. The van der Waals surface area contributed by atoms with E-state index in [9.17, 15) is 0 Å². The maximum atomic E-state index is 5.40. The fraction of sp³-hybridized carbons (Fsp3) is 0.667. The summed E-state index contributed by atoms with van der Waals surface area (Å²) < 4.78 is 5.40. The fourth-order valence-corrected chi connectivity index (χ4v) is 3.46. The first-order valence-electron chi connectivity index (χ1n) is 8.54. The third-order valence-electron chi connectivity index (χ3n) is 4.80. The van der Waals surface area contributed by atoms with E-state index in [-0.39, 0.29) is 0 Å². The smallest absolute Gasteiger partial charge is 0.0642 e. The molecule has 0 radical (unpaired) electrons. The Morgan fingerprint density at radius 3 is 2.43 bits per heavy atom. The molecule has 1 aliphatic carbocycles. The number of benzene rings is 1. The summed E-state index contributed by atoms with van der Waals surface area (Å²) in [6.45, 7) is 5.92. The van der Waals surface area contributed by atoms with Gasteiger partial charge < -0.3 is 15.0 Å². The van der Waals surface area contributed by atoms with E-state index in [1.54, 1.807) is 0 Å². The predicted molar refractivity (Wildman–Crippen MR) is 87.8 cm³/mol. The van der Waals surface area contributed by atoms with Crippen LogP contribution in [0.5, 0.6) is 0 Å². The molecule has 1 heterocycles. The van der Waals surface area contributed by atoms with Crippen LogP contribution in [0.1, 0.15) is 37.7 Å². The van der Waals surface area contributed by atoms with Gasteiger partial charge in [0.05, 0.1) is 13.2 Å². The van der Waals surface area contributed by atoms with Crippen LogP contribution in [0.2, 0.25) is 0 Å². The van der Waals surface area contributed by atoms with Gasteiger partial charge in [0.1, 0.15) is 0 Å². The summed E-state index contributed by atoms with van der Waals surface area (Å²) in [6, 6.07) is 9.03. The molecule has 0 bridgehead atoms. The molecule has 0 atom stereocenters. The van der Waals surface area contributed by atoms with Gasteiger partial charge in [-0.2, -0.15) is 0 Å². The molecule has 116 valence electrons. The molecule has 0 aromatic heterocycles. The second-order valence-corrected chi connectivity index (χ2v) is 6.40. The Morgan fingerprint density at radius 2 is 1.71 bits per heavy atom. The Balaban J connectivity index is 1.43. The van der Waals surface area contributed by atoms with E-state index in [0.717, 1.165) is 38.8 Å². The lowest BCUT2D eigenvalue weighted by Crippen LogP contribution is -2.36. The summed E-state index contributed by atoms with van der Waals surface area (Å²) in [5.74, 6) is 0.909. The molecule has 2 fully saturated rings. The maximum absolute atomic E-state index is 5.40. The topological polar surface area (TPSA) is 24.5 Å². The molecule has 3 rings (SSSR count). The highest BCUT2D eigenvalue weighted by atomic mass is 16.5. The van der Waals surface area contributed by atoms with Gasteiger partial charge >= 0.3 is 0 Å². The van der Waals surface area contributed by atoms with Crippen molar-refractivity contribution >= 4 is 5.69 Å². The van der Waals surface area contributed by atoms with Crippen molar-refractivity contribution in [2.45, 2.75) is 38.6 Å². The maximum Gasteiger partial charge on any atom is 0.0642 e. The number of rotatable bonds is 5. The van der Waals surface area contributed by atoms with Crippen LogP contribution in [0.15, 0.2) is 24.3 Å². The van der Waals surface area contributed by atoms with Gasteiger partial charge in [-0.05, 0) is 43.0 Å². The molecule has 1 N–H and O–H groups in total. The first-order chi connectivity index (χ1) is 10.4. The molecule has 1 aromatic carbocycles. The van der Waals surface area contributed by atoms with Crippen LogP contribution in [-0.2, 0) is 11.3 Å². The first kappa shape index (κ1) is 14.9. The number of hydrogen-bond donors (Lipinski definition) is 1. The largest absolute Gasteiger partial charge is 0.378 e. The minimum absolute atomic E-state index is 0.852. The zero-order valence-electron chi connectivity index (χ0n) is 13.0. The van der Waals surface area contributed by atoms with Crippen LogP contribution >= 0.6 is 0 Å². The molecule has 21 heavy (non-hydrogen) atoms. The predicted octanol–water partition coefficient (Wildman–Crippen LogP) is 3.19. The molecule has 0 unspecified atom stereocenters. The Hall–Kier alpha value is -1.06. The van der Waals surface area contributed by atoms with Crippen molar-refractivity contribution in [1.29, 1.82) is 0 Å². The highest BCUT2D eigenvalue weighted by molar-refractivity contribution is 5.47. The van der Waals surface area contributed by atoms with Gasteiger partial charge in [-0.15, -0.1) is 0 Å². The van der Waals surface area contributed by atoms with E-state index >= 15 is 0 Å². The zero-order chi connectivity index (χ0) is 14.3. The number of morpholine rings is 1. The normalized spacial score (nSPS) is 20.7. The summed E-state index contributed by atoms with van der Waals surface area (Å²) in [4.78, 5) is 2.41. The SMILES string of the molecule is c1cc(N2CCOCC2)ccc1CNCC1CCCCC1. The van der Waals surface area contributed by atoms with E-state index in [2.05, 4.69) is 34.5 Å². The lowest BCUT2D eigenvalue weighted by Gasteiger charge is -2.29. The van der Waals surface area contributed by atoms with Crippen LogP contribution in [0, 0.1) is 5.92 Å². The molecule has 0 amide bonds. The van der Waals surface area contributed by atoms with Crippen molar-refractivity contribution in [2.75, 3.05) is 37.7 Å². The molecule has 1 saturated heterocycles. The van der Waals surface area contributed by atoms with E-state index in [0.29, 0.717) is 0 Å². The number of nitrogens with one attached hydrogen (secondary N) is 1. The van der Waals surface area contributed by atoms with Crippen molar-refractivity contribution in [2.24, 2.45) is 5.92 Å². The molecule has 1 aliphatic heterocycles. The van der Waals surface area contributed by atoms with Crippen LogP contribution < -0.4 is 10.2 Å². The summed E-state index contributed by atoms with van der Waals surface area (Å²) in [6.07, 6.45) is 7.15. The van der Waals surface area contributed by atoms with Crippen LogP contribution in [0.25, 0.3) is 0 Å². The number of anilines is 1. The van der Waals surface area contributed by atoms with Gasteiger partial charge in [0.2, 0.25) is 0 Å². The van der Waals surface area contributed by atoms with Crippen molar-refractivity contribution in [3.63, 3.8) is 0 Å². The quantitative estimate of drug-likeness (QED) is 0.900. The number of ether oxygens (including phenoxy) is 1. The fourth-order valence-electron chi connectivity index (χ4n) is 3.46. The molecule has 1 aromatic rings. The standard InChI is InChI=1S/C18H28N2O/c1-2-4-16(5-3-1)14-19-15-17-6-8-18(9-7-17)20-10-12-21-13-11-20/h6-9,16,19H,1-5,10-15H2. The van der Waals surface area contributed by atoms with E-state index in [1.165, 1.54) is 49.9 Å². The van der Waals surface area contributed by atoms with E-state index in [4.69, 9.17) is 4.74 Å². The van der Waals surface area contributed by atoms with Crippen molar-refractivity contribution in [3.8, 4) is 0 Å². The van der Waals surface area contributed by atoms with Gasteiger partial charge in [-0.25, -0.2) is 0 Å². The third-order valence-corrected chi connectivity index (χ3v) is 4.80. The molecule has 3 nitrogen and oxygen atoms in total. The highest BCUT2D eigenvalue weighted by Gasteiger charge is 2.13. The zero-order valence-corrected chi connectivity index (χ0v) is 13.0. The van der Waals surface area contributed by atoms with Gasteiger partial charge in [0, 0.05) is 25.3 Å². The summed E-state index contributed by atoms with van der Waals surface area (Å²) in [5.41, 5.74) is 2.72. The highest BCUT2D eigenvalue weighted by Crippen LogP contribution is 2.23. The summed E-state index contributed by atoms with van der Waals surface area (Å²) >= 11 is 0. The molecule has 2 aliphatic rings. The van der Waals surface area contributed by atoms with Gasteiger partial charge in [-0.3, -0.25) is 0 Å². The molecule has 1 saturated carbocycles. The van der Waals surface area contributed by atoms with Crippen molar-refractivity contribution in [3.05, 3.63) is 29.8 Å². The lowest BCUT2D eigenvalue weighted by molar-refractivity contribution is 0.122. The number of nitrogens with zero attached hydrogens (tertiary/aromatic N) is 1. The van der Waals surface area contributed by atoms with Gasteiger partial charge in [-0.1, -0.05) is 31.4 Å². The van der Waals surface area contributed by atoms with E-state index < -0.39 is 0 Å². The van der Waals surface area contributed by atoms with Crippen molar-refractivity contribution < 1.29 is 4.74 Å². The third kappa shape index (κ3) is 4.45. The Labute approximate surface area is 128 Å². The summed E-state index contributed by atoms with van der Waals surface area (Å²) in [7, 11) is 0. The molecular weight excluding hydrogens is 260 g/mol. The van der Waals surface area contributed by atoms with Gasteiger partial charge in [0.15, 0.2) is 0 Å². The average molecular weight is 288 g/mol. The Kier molecular flexibility index (Phi) is 5.53. The molecule has 3 heteroatoms. The van der Waals surface area contributed by atoms with Crippen LogP contribution in [0.3, 0.4) is 0 Å². The lowest BCUT2D eigenvalue weighted by atomic mass is 9.89. The minimum atomic E-state index is 0.852. The Morgan fingerprint density at radius 1 is 1.00 bits per heavy atom. The monoisotopic (exact) mass is 288 g/mol. The molecular formula is C18H28N2O. The summed E-state index contributed by atoms with van der Waals surface area (Å²) in [5, 5.41) is 3.64. The van der Waals surface area contributed by atoms with Crippen molar-refractivity contribution in [1.82, 2.24) is 5.32 Å². The minimum Gasteiger partial charge on any atom is -0.378 e. The second kappa shape index (κ2) is 7.81. The van der Waals surface area contributed by atoms with E-state index in [1.807, 2.05) is 0 Å². The van der Waals surface area contributed by atoms with Crippen LogP contribution in [-0.4, -0.2) is 32.8 Å². The first-order valence-corrected chi connectivity index (χ1v) is 8.54. The van der Waals surface area contributed by atoms with Crippen LogP contribution in [0.4, 0.5) is 5.69 Å². The van der Waals surface area contributed by atoms with Gasteiger partial charge in [0.25, 0.3) is 0 Å². The Bertz CT molecular complexity index is 406. The number of hydrogen-bond acceptors (Lipinski definition) is 3.